The Morgan fingerprint density at radius 1 is 1.11 bits per heavy atom. The van der Waals surface area contributed by atoms with Crippen molar-refractivity contribution < 1.29 is 8.42 Å². The Kier molecular flexibility index (Phi) is 3.70. The minimum absolute atomic E-state index is 0.0310. The van der Waals surface area contributed by atoms with E-state index in [2.05, 4.69) is 15.0 Å². The lowest BCUT2D eigenvalue weighted by Crippen LogP contribution is -2.25. The smallest absolute Gasteiger partial charge is 0.183 e. The molecule has 0 unspecified atom stereocenters. The van der Waals surface area contributed by atoms with Crippen LogP contribution in [-0.2, 0) is 23.4 Å². The van der Waals surface area contributed by atoms with Crippen molar-refractivity contribution in [3.63, 3.8) is 0 Å². The number of benzene rings is 1. The lowest BCUT2D eigenvalue weighted by Gasteiger charge is -2.17. The Morgan fingerprint density at radius 3 is 2.67 bits per heavy atom. The molecule has 0 N–H and O–H groups in total. The number of hydrogen-bond acceptors (Lipinski definition) is 5. The normalized spacial score (nSPS) is 23.3. The molecule has 0 spiro atoms. The molecule has 2 aliphatic rings. The van der Waals surface area contributed by atoms with E-state index < -0.39 is 9.84 Å². The van der Waals surface area contributed by atoms with Crippen LogP contribution in [0.25, 0.3) is 11.1 Å². The molecule has 2 aromatic heterocycles. The van der Waals surface area contributed by atoms with Crippen LogP contribution >= 0.6 is 0 Å². The number of likely N-dealkylation sites (tertiary alicyclic amines) is 1. The third-order valence-electron chi connectivity index (χ3n) is 5.65. The highest BCUT2D eigenvalue weighted by atomic mass is 32.2. The molecule has 2 aliphatic heterocycles. The van der Waals surface area contributed by atoms with Gasteiger partial charge in [-0.25, -0.2) is 8.42 Å². The molecule has 27 heavy (non-hydrogen) atoms. The zero-order valence-electron chi connectivity index (χ0n) is 15.0. The lowest BCUT2D eigenvalue weighted by molar-refractivity contribution is 0.325. The summed E-state index contributed by atoms with van der Waals surface area (Å²) in [6.45, 7) is 2.09. The topological polar surface area (TPSA) is 68.1 Å². The predicted octanol–water partition coefficient (Wildman–Crippen LogP) is 2.24. The molecule has 0 bridgehead atoms. The Hall–Kier alpha value is -2.51. The van der Waals surface area contributed by atoms with Crippen LogP contribution in [0.2, 0.25) is 0 Å². The maximum atomic E-state index is 13.1. The summed E-state index contributed by atoms with van der Waals surface area (Å²) in [6, 6.07) is 9.68. The van der Waals surface area contributed by atoms with Crippen molar-refractivity contribution in [2.24, 2.45) is 7.05 Å². The summed E-state index contributed by atoms with van der Waals surface area (Å²) < 4.78 is 27.9. The van der Waals surface area contributed by atoms with E-state index in [0.717, 1.165) is 35.3 Å². The van der Waals surface area contributed by atoms with Crippen LogP contribution in [0.1, 0.15) is 17.0 Å². The largest absolute Gasteiger partial charge is 0.297 e. The Balaban J connectivity index is 1.48. The summed E-state index contributed by atoms with van der Waals surface area (Å²) in [5.41, 5.74) is 4.14. The number of nitrogens with zero attached hydrogens (tertiary/aromatic N) is 4. The van der Waals surface area contributed by atoms with Gasteiger partial charge in [0.1, 0.15) is 0 Å². The van der Waals surface area contributed by atoms with Crippen LogP contribution in [0.5, 0.6) is 0 Å². The molecule has 0 saturated carbocycles. The molecule has 4 heterocycles. The Labute approximate surface area is 158 Å². The minimum Gasteiger partial charge on any atom is -0.297 e. The number of rotatable bonds is 3. The fourth-order valence-electron chi connectivity index (χ4n) is 4.35. The Bertz CT molecular complexity index is 1110. The van der Waals surface area contributed by atoms with Gasteiger partial charge in [-0.15, -0.1) is 0 Å². The average Bonchev–Trinajstić information content (AvgIpc) is 3.33. The lowest BCUT2D eigenvalue weighted by atomic mass is 9.95. The van der Waals surface area contributed by atoms with Gasteiger partial charge < -0.3 is 0 Å². The molecule has 5 rings (SSSR count). The summed E-state index contributed by atoms with van der Waals surface area (Å²) in [5.74, 6) is 0.0310. The average molecular weight is 380 g/mol. The highest BCUT2D eigenvalue weighted by Gasteiger charge is 2.50. The molecule has 138 valence electrons. The molecular weight excluding hydrogens is 360 g/mol. The molecule has 6 nitrogen and oxygen atoms in total. The van der Waals surface area contributed by atoms with E-state index in [-0.39, 0.29) is 11.2 Å². The van der Waals surface area contributed by atoms with Gasteiger partial charge in [0, 0.05) is 56.8 Å². The summed E-state index contributed by atoms with van der Waals surface area (Å²) in [6.07, 6.45) is 7.32. The SMILES string of the molecule is Cn1cc(-c2ccc3c(c2)[C@H]2CN(Cc4ccncc4)C[C@H]2S3(=O)=O)cn1. The van der Waals surface area contributed by atoms with Crippen LogP contribution in [0.4, 0.5) is 0 Å². The van der Waals surface area contributed by atoms with Crippen molar-refractivity contribution in [3.05, 3.63) is 66.2 Å². The van der Waals surface area contributed by atoms with Gasteiger partial charge in [0.25, 0.3) is 0 Å². The minimum atomic E-state index is -3.28. The van der Waals surface area contributed by atoms with Gasteiger partial charge >= 0.3 is 0 Å². The second-order valence-electron chi connectivity index (χ2n) is 7.39. The summed E-state index contributed by atoms with van der Waals surface area (Å²) in [7, 11) is -1.40. The van der Waals surface area contributed by atoms with Crippen LogP contribution in [0.3, 0.4) is 0 Å². The van der Waals surface area contributed by atoms with Gasteiger partial charge in [-0.1, -0.05) is 6.07 Å². The number of aryl methyl sites for hydroxylation is 1. The van der Waals surface area contributed by atoms with Gasteiger partial charge in [0.05, 0.1) is 16.3 Å². The van der Waals surface area contributed by atoms with E-state index in [9.17, 15) is 8.42 Å². The Morgan fingerprint density at radius 2 is 1.93 bits per heavy atom. The van der Waals surface area contributed by atoms with E-state index in [0.29, 0.717) is 11.4 Å². The second-order valence-corrected chi connectivity index (χ2v) is 9.53. The summed E-state index contributed by atoms with van der Waals surface area (Å²) >= 11 is 0. The quantitative estimate of drug-likeness (QED) is 0.697. The second kappa shape index (κ2) is 6.00. The van der Waals surface area contributed by atoms with E-state index in [4.69, 9.17) is 0 Å². The maximum absolute atomic E-state index is 13.1. The van der Waals surface area contributed by atoms with Crippen molar-refractivity contribution in [3.8, 4) is 11.1 Å². The summed E-state index contributed by atoms with van der Waals surface area (Å²) in [5, 5.41) is 3.88. The fraction of sp³-hybridized carbons (Fsp3) is 0.300. The standard InChI is InChI=1S/C20H20N4O2S/c1-23-11-16(9-22-23)15-2-3-19-17(8-15)18-12-24(13-20(18)27(19,25)26)10-14-4-6-21-7-5-14/h2-9,11,18,20H,10,12-13H2,1H3/t18-,20-/m1/s1. The maximum Gasteiger partial charge on any atom is 0.183 e. The highest BCUT2D eigenvalue weighted by Crippen LogP contribution is 2.46. The van der Waals surface area contributed by atoms with Crippen molar-refractivity contribution in [2.45, 2.75) is 22.6 Å². The fourth-order valence-corrected chi connectivity index (χ4v) is 6.55. The number of aromatic nitrogens is 3. The van der Waals surface area contributed by atoms with Gasteiger partial charge in [0.15, 0.2) is 9.84 Å². The predicted molar refractivity (Wildman–Crippen MR) is 102 cm³/mol. The third-order valence-corrected chi connectivity index (χ3v) is 7.91. The van der Waals surface area contributed by atoms with E-state index in [1.165, 1.54) is 0 Å². The van der Waals surface area contributed by atoms with Crippen molar-refractivity contribution >= 4 is 9.84 Å². The molecule has 0 aliphatic carbocycles. The van der Waals surface area contributed by atoms with Crippen molar-refractivity contribution in [1.82, 2.24) is 19.7 Å². The number of fused-ring (bicyclic) bond motifs is 3. The zero-order chi connectivity index (χ0) is 18.6. The van der Waals surface area contributed by atoms with Gasteiger partial charge in [-0.05, 0) is 41.0 Å². The highest BCUT2D eigenvalue weighted by molar-refractivity contribution is 7.92. The molecule has 0 amide bonds. The summed E-state index contributed by atoms with van der Waals surface area (Å²) in [4.78, 5) is 6.80. The molecule has 2 atom stereocenters. The van der Waals surface area contributed by atoms with Gasteiger partial charge in [-0.2, -0.15) is 5.10 Å². The van der Waals surface area contributed by atoms with E-state index in [1.54, 1.807) is 23.1 Å². The molecule has 3 aromatic rings. The van der Waals surface area contributed by atoms with E-state index in [1.807, 2.05) is 43.7 Å². The molecular formula is C20H20N4O2S. The van der Waals surface area contributed by atoms with Crippen LogP contribution in [0.15, 0.2) is 60.0 Å². The number of pyridine rings is 1. The molecule has 7 heteroatoms. The first kappa shape index (κ1) is 16.6. The zero-order valence-corrected chi connectivity index (χ0v) is 15.8. The molecule has 1 saturated heterocycles. The van der Waals surface area contributed by atoms with Crippen molar-refractivity contribution in [2.75, 3.05) is 13.1 Å². The molecule has 1 aromatic carbocycles. The number of sulfone groups is 1. The third kappa shape index (κ3) is 2.69. The van der Waals surface area contributed by atoms with Gasteiger partial charge in [0.2, 0.25) is 0 Å². The van der Waals surface area contributed by atoms with E-state index >= 15 is 0 Å². The monoisotopic (exact) mass is 380 g/mol. The van der Waals surface area contributed by atoms with Crippen LogP contribution in [-0.4, -0.2) is 46.4 Å². The van der Waals surface area contributed by atoms with Gasteiger partial charge in [-0.3, -0.25) is 14.6 Å². The van der Waals surface area contributed by atoms with Crippen LogP contribution < -0.4 is 0 Å². The van der Waals surface area contributed by atoms with Crippen LogP contribution in [0, 0.1) is 0 Å². The molecule has 0 radical (unpaired) electrons. The first-order valence-electron chi connectivity index (χ1n) is 9.00. The first-order valence-corrected chi connectivity index (χ1v) is 10.5. The first-order chi connectivity index (χ1) is 13.0. The number of hydrogen-bond donors (Lipinski definition) is 0. The molecule has 1 fully saturated rings. The van der Waals surface area contributed by atoms with Crippen molar-refractivity contribution in [1.29, 1.82) is 0 Å².